The van der Waals surface area contributed by atoms with Crippen molar-refractivity contribution in [3.05, 3.63) is 59.7 Å². The molecule has 0 saturated carbocycles. The van der Waals surface area contributed by atoms with E-state index in [-0.39, 0.29) is 18.4 Å². The maximum atomic E-state index is 12.1. The van der Waals surface area contributed by atoms with Gasteiger partial charge in [-0.25, -0.2) is 4.79 Å². The van der Waals surface area contributed by atoms with Crippen LogP contribution in [0.5, 0.6) is 11.5 Å². The topological polar surface area (TPSA) is 73.9 Å². The highest BCUT2D eigenvalue weighted by atomic mass is 16.5. The summed E-state index contributed by atoms with van der Waals surface area (Å²) in [5, 5.41) is 2.78. The van der Waals surface area contributed by atoms with Crippen LogP contribution in [-0.2, 0) is 9.53 Å². The first-order valence-corrected chi connectivity index (χ1v) is 8.84. The van der Waals surface area contributed by atoms with E-state index in [0.29, 0.717) is 30.2 Å². The summed E-state index contributed by atoms with van der Waals surface area (Å²) in [6.07, 6.45) is 0. The van der Waals surface area contributed by atoms with E-state index in [1.54, 1.807) is 12.1 Å². The number of esters is 1. The molecule has 0 radical (unpaired) electrons. The first kappa shape index (κ1) is 20.3. The van der Waals surface area contributed by atoms with E-state index in [1.165, 1.54) is 13.2 Å². The molecular formula is C21H25NO5. The zero-order valence-corrected chi connectivity index (χ0v) is 15.9. The van der Waals surface area contributed by atoms with Crippen LogP contribution in [0.2, 0.25) is 0 Å². The molecule has 2 aromatic rings. The molecule has 0 aliphatic heterocycles. The lowest BCUT2D eigenvalue weighted by Crippen LogP contribution is -2.31. The van der Waals surface area contributed by atoms with Gasteiger partial charge in [0.05, 0.1) is 19.3 Å². The molecule has 1 amide bonds. The average Bonchev–Trinajstić information content (AvgIpc) is 2.71. The Hall–Kier alpha value is -3.02. The van der Waals surface area contributed by atoms with Crippen LogP contribution < -0.4 is 14.8 Å². The van der Waals surface area contributed by atoms with Gasteiger partial charge in [0.2, 0.25) is 0 Å². The van der Waals surface area contributed by atoms with Gasteiger partial charge < -0.3 is 19.5 Å². The second kappa shape index (κ2) is 10.2. The fourth-order valence-electron chi connectivity index (χ4n) is 2.50. The highest BCUT2D eigenvalue weighted by Gasteiger charge is 2.14. The van der Waals surface area contributed by atoms with Gasteiger partial charge in [0.1, 0.15) is 0 Å². The number of nitrogens with one attached hydrogen (secondary N) is 1. The molecular weight excluding hydrogens is 346 g/mol. The van der Waals surface area contributed by atoms with E-state index in [1.807, 2.05) is 44.2 Å². The molecule has 0 fully saturated rings. The second-order valence-electron chi connectivity index (χ2n) is 5.99. The molecule has 0 aliphatic rings. The summed E-state index contributed by atoms with van der Waals surface area (Å²) in [4.78, 5) is 24.1. The summed E-state index contributed by atoms with van der Waals surface area (Å²) in [6.45, 7) is 4.50. The number of carbonyl (C=O) groups excluding carboxylic acids is 2. The largest absolute Gasteiger partial charge is 0.493 e. The minimum Gasteiger partial charge on any atom is -0.493 e. The third-order valence-corrected chi connectivity index (χ3v) is 4.01. The smallest absolute Gasteiger partial charge is 0.338 e. The van der Waals surface area contributed by atoms with E-state index < -0.39 is 5.97 Å². The summed E-state index contributed by atoms with van der Waals surface area (Å²) >= 11 is 0. The van der Waals surface area contributed by atoms with Gasteiger partial charge in [0.25, 0.3) is 5.91 Å². The minimum atomic E-state index is -0.595. The number of hydrogen-bond donors (Lipinski definition) is 1. The standard InChI is InChI=1S/C21H25NO5/c1-4-26-18-11-10-17(12-19(18)25-3)21(24)27-14-20(23)22-13-15(2)16-8-6-5-7-9-16/h5-12,15H,4,13-14H2,1-3H3,(H,22,23)/t15-/m0/s1. The highest BCUT2D eigenvalue weighted by molar-refractivity contribution is 5.92. The normalized spacial score (nSPS) is 11.4. The van der Waals surface area contributed by atoms with Crippen molar-refractivity contribution in [2.45, 2.75) is 19.8 Å². The van der Waals surface area contributed by atoms with Crippen LogP contribution in [0.15, 0.2) is 48.5 Å². The Bertz CT molecular complexity index is 760. The van der Waals surface area contributed by atoms with Crippen LogP contribution in [0.4, 0.5) is 0 Å². The Morgan fingerprint density at radius 1 is 1.07 bits per heavy atom. The molecule has 0 spiro atoms. The fraction of sp³-hybridized carbons (Fsp3) is 0.333. The lowest BCUT2D eigenvalue weighted by atomic mass is 10.0. The fourth-order valence-corrected chi connectivity index (χ4v) is 2.50. The van der Waals surface area contributed by atoms with Gasteiger partial charge in [0.15, 0.2) is 18.1 Å². The van der Waals surface area contributed by atoms with Gasteiger partial charge in [-0.1, -0.05) is 37.3 Å². The number of benzene rings is 2. The number of methoxy groups -OCH3 is 1. The summed E-state index contributed by atoms with van der Waals surface area (Å²) in [5.41, 5.74) is 1.43. The van der Waals surface area contributed by atoms with Crippen molar-refractivity contribution in [3.8, 4) is 11.5 Å². The molecule has 0 bridgehead atoms. The third kappa shape index (κ3) is 6.02. The van der Waals surface area contributed by atoms with Crippen molar-refractivity contribution in [3.63, 3.8) is 0 Å². The Labute approximate surface area is 159 Å². The van der Waals surface area contributed by atoms with Crippen LogP contribution in [0.3, 0.4) is 0 Å². The van der Waals surface area contributed by atoms with Crippen LogP contribution >= 0.6 is 0 Å². The molecule has 6 nitrogen and oxygen atoms in total. The van der Waals surface area contributed by atoms with Gasteiger partial charge in [-0.15, -0.1) is 0 Å². The Morgan fingerprint density at radius 3 is 2.48 bits per heavy atom. The molecule has 0 unspecified atom stereocenters. The molecule has 0 saturated heterocycles. The molecule has 1 atom stereocenters. The zero-order valence-electron chi connectivity index (χ0n) is 15.9. The van der Waals surface area contributed by atoms with E-state index in [9.17, 15) is 9.59 Å². The van der Waals surface area contributed by atoms with Crippen molar-refractivity contribution in [1.82, 2.24) is 5.32 Å². The summed E-state index contributed by atoms with van der Waals surface area (Å²) in [7, 11) is 1.49. The van der Waals surface area contributed by atoms with E-state index in [4.69, 9.17) is 14.2 Å². The second-order valence-corrected chi connectivity index (χ2v) is 5.99. The molecule has 27 heavy (non-hydrogen) atoms. The van der Waals surface area contributed by atoms with E-state index >= 15 is 0 Å². The number of amides is 1. The van der Waals surface area contributed by atoms with Crippen molar-refractivity contribution in [2.24, 2.45) is 0 Å². The van der Waals surface area contributed by atoms with Crippen LogP contribution in [-0.4, -0.2) is 38.7 Å². The Balaban J connectivity index is 1.83. The van der Waals surface area contributed by atoms with Crippen LogP contribution in [0, 0.1) is 0 Å². The van der Waals surface area contributed by atoms with E-state index in [2.05, 4.69) is 5.32 Å². The predicted octanol–water partition coefficient (Wildman–Crippen LogP) is 3.17. The predicted molar refractivity (Wildman–Crippen MR) is 102 cm³/mol. The van der Waals surface area contributed by atoms with E-state index in [0.717, 1.165) is 5.56 Å². The van der Waals surface area contributed by atoms with Gasteiger partial charge >= 0.3 is 5.97 Å². The van der Waals surface area contributed by atoms with Gasteiger partial charge in [0, 0.05) is 6.54 Å². The van der Waals surface area contributed by atoms with Gasteiger partial charge in [-0.05, 0) is 36.6 Å². The van der Waals surface area contributed by atoms with Crippen molar-refractivity contribution in [1.29, 1.82) is 0 Å². The molecule has 6 heteroatoms. The summed E-state index contributed by atoms with van der Waals surface area (Å²) < 4.78 is 15.7. The summed E-state index contributed by atoms with van der Waals surface area (Å²) in [5.74, 6) is 0.212. The first-order valence-electron chi connectivity index (χ1n) is 8.84. The number of rotatable bonds is 9. The number of hydrogen-bond acceptors (Lipinski definition) is 5. The molecule has 1 N–H and O–H groups in total. The maximum Gasteiger partial charge on any atom is 0.338 e. The summed E-state index contributed by atoms with van der Waals surface area (Å²) in [6, 6.07) is 14.6. The van der Waals surface area contributed by atoms with Crippen LogP contribution in [0.1, 0.15) is 35.7 Å². The van der Waals surface area contributed by atoms with Crippen LogP contribution in [0.25, 0.3) is 0 Å². The molecule has 0 heterocycles. The zero-order chi connectivity index (χ0) is 19.6. The Kier molecular flexibility index (Phi) is 7.67. The molecule has 0 aromatic heterocycles. The lowest BCUT2D eigenvalue weighted by Gasteiger charge is -2.13. The highest BCUT2D eigenvalue weighted by Crippen LogP contribution is 2.28. The third-order valence-electron chi connectivity index (χ3n) is 4.01. The number of ether oxygens (including phenoxy) is 3. The van der Waals surface area contributed by atoms with Gasteiger partial charge in [-0.2, -0.15) is 0 Å². The lowest BCUT2D eigenvalue weighted by molar-refractivity contribution is -0.124. The van der Waals surface area contributed by atoms with Crippen molar-refractivity contribution in [2.75, 3.05) is 26.9 Å². The first-order chi connectivity index (χ1) is 13.0. The monoisotopic (exact) mass is 371 g/mol. The van der Waals surface area contributed by atoms with Crippen molar-refractivity contribution >= 4 is 11.9 Å². The van der Waals surface area contributed by atoms with Gasteiger partial charge in [-0.3, -0.25) is 4.79 Å². The molecule has 2 aromatic carbocycles. The SMILES string of the molecule is CCOc1ccc(C(=O)OCC(=O)NC[C@H](C)c2ccccc2)cc1OC. The quantitative estimate of drug-likeness (QED) is 0.686. The Morgan fingerprint density at radius 2 is 1.81 bits per heavy atom. The molecule has 0 aliphatic carbocycles. The molecule has 144 valence electrons. The number of carbonyl (C=O) groups is 2. The maximum absolute atomic E-state index is 12.1. The van der Waals surface area contributed by atoms with Crippen molar-refractivity contribution < 1.29 is 23.8 Å². The molecule has 2 rings (SSSR count). The minimum absolute atomic E-state index is 0.168. The average molecular weight is 371 g/mol.